The van der Waals surface area contributed by atoms with Crippen LogP contribution in [0.2, 0.25) is 0 Å². The first-order valence-electron chi connectivity index (χ1n) is 12.5. The molecule has 1 fully saturated rings. The van der Waals surface area contributed by atoms with Crippen LogP contribution in [-0.2, 0) is 17.6 Å². The quantitative estimate of drug-likeness (QED) is 0.483. The molecule has 1 unspecified atom stereocenters. The van der Waals surface area contributed by atoms with Crippen LogP contribution in [0.25, 0.3) is 0 Å². The van der Waals surface area contributed by atoms with Crippen molar-refractivity contribution in [2.24, 2.45) is 5.92 Å². The van der Waals surface area contributed by atoms with Gasteiger partial charge in [0.1, 0.15) is 17.5 Å². The highest BCUT2D eigenvalue weighted by atomic mass is 16.5. The lowest BCUT2D eigenvalue weighted by molar-refractivity contribution is -0.134. The monoisotopic (exact) mass is 486 g/mol. The number of likely N-dealkylation sites (tertiary alicyclic amines) is 1. The van der Waals surface area contributed by atoms with E-state index in [1.54, 1.807) is 32.4 Å². The zero-order chi connectivity index (χ0) is 25.3. The van der Waals surface area contributed by atoms with Gasteiger partial charge in [0.25, 0.3) is 5.91 Å². The number of hydrogen-bond acceptors (Lipinski definition) is 4. The zero-order valence-electron chi connectivity index (χ0n) is 21.0. The highest BCUT2D eigenvalue weighted by molar-refractivity contribution is 5.98. The fourth-order valence-electron chi connectivity index (χ4n) is 4.76. The minimum Gasteiger partial charge on any atom is -0.497 e. The number of ether oxygens (including phenoxy) is 2. The first kappa shape index (κ1) is 25.3. The first-order valence-corrected chi connectivity index (χ1v) is 12.5. The van der Waals surface area contributed by atoms with Crippen LogP contribution in [0.4, 0.5) is 0 Å². The molecule has 0 radical (unpaired) electrons. The minimum atomic E-state index is -0.664. The van der Waals surface area contributed by atoms with Crippen molar-refractivity contribution in [2.75, 3.05) is 27.3 Å². The molecule has 0 aliphatic carbocycles. The average molecular weight is 487 g/mol. The van der Waals surface area contributed by atoms with Crippen LogP contribution in [0.1, 0.15) is 34.3 Å². The van der Waals surface area contributed by atoms with Gasteiger partial charge in [-0.15, -0.1) is 0 Å². The van der Waals surface area contributed by atoms with E-state index in [0.29, 0.717) is 42.5 Å². The molecule has 0 aromatic heterocycles. The molecule has 2 amide bonds. The van der Waals surface area contributed by atoms with E-state index < -0.39 is 6.04 Å². The van der Waals surface area contributed by atoms with Crippen molar-refractivity contribution in [1.82, 2.24) is 10.2 Å². The van der Waals surface area contributed by atoms with Crippen molar-refractivity contribution >= 4 is 11.8 Å². The van der Waals surface area contributed by atoms with Crippen LogP contribution in [0.5, 0.6) is 11.5 Å². The molecule has 1 heterocycles. The topological polar surface area (TPSA) is 67.9 Å². The van der Waals surface area contributed by atoms with Gasteiger partial charge in [-0.3, -0.25) is 9.59 Å². The summed E-state index contributed by atoms with van der Waals surface area (Å²) < 4.78 is 10.6. The maximum atomic E-state index is 13.6. The summed E-state index contributed by atoms with van der Waals surface area (Å²) in [6, 6.07) is 24.6. The third-order valence-electron chi connectivity index (χ3n) is 6.79. The number of nitrogens with one attached hydrogen (secondary N) is 1. The maximum Gasteiger partial charge on any atom is 0.252 e. The van der Waals surface area contributed by atoms with Gasteiger partial charge >= 0.3 is 0 Å². The fraction of sp³-hybridized carbons (Fsp3) is 0.333. The van der Waals surface area contributed by atoms with Crippen molar-refractivity contribution in [3.05, 3.63) is 95.6 Å². The Morgan fingerprint density at radius 3 is 1.97 bits per heavy atom. The van der Waals surface area contributed by atoms with Crippen molar-refractivity contribution in [2.45, 2.75) is 31.7 Å². The Morgan fingerprint density at radius 1 is 0.861 bits per heavy atom. The number of piperidine rings is 1. The normalized spacial score (nSPS) is 14.7. The van der Waals surface area contributed by atoms with E-state index in [2.05, 4.69) is 29.6 Å². The molecule has 36 heavy (non-hydrogen) atoms. The number of nitrogens with zero attached hydrogens (tertiary/aromatic N) is 1. The zero-order valence-corrected chi connectivity index (χ0v) is 21.0. The molecule has 1 atom stereocenters. The summed E-state index contributed by atoms with van der Waals surface area (Å²) in [5.41, 5.74) is 2.72. The molecule has 3 aromatic carbocycles. The molecule has 0 saturated carbocycles. The first-order chi connectivity index (χ1) is 17.6. The molecule has 188 valence electrons. The lowest BCUT2D eigenvalue weighted by atomic mass is 9.90. The standard InChI is InChI=1S/C30H34N2O4/c1-35-26-19-25(20-27(21-26)36-2)29(33)31-28(18-23-11-7-4-8-12-23)30(34)32-15-13-24(14-16-32)17-22-9-5-3-6-10-22/h3-12,19-21,24,28H,13-18H2,1-2H3,(H,31,33). The lowest BCUT2D eigenvalue weighted by Gasteiger charge is -2.34. The van der Waals surface area contributed by atoms with Gasteiger partial charge in [0.15, 0.2) is 0 Å². The van der Waals surface area contributed by atoms with Gasteiger partial charge < -0.3 is 19.7 Å². The molecule has 1 saturated heterocycles. The number of methoxy groups -OCH3 is 2. The van der Waals surface area contributed by atoms with E-state index in [9.17, 15) is 9.59 Å². The van der Waals surface area contributed by atoms with Gasteiger partial charge in [0.05, 0.1) is 14.2 Å². The predicted molar refractivity (Wildman–Crippen MR) is 140 cm³/mol. The summed E-state index contributed by atoms with van der Waals surface area (Å²) in [6.45, 7) is 1.40. The summed E-state index contributed by atoms with van der Waals surface area (Å²) in [6.07, 6.45) is 3.38. The predicted octanol–water partition coefficient (Wildman–Crippen LogP) is 4.53. The second-order valence-electron chi connectivity index (χ2n) is 9.28. The van der Waals surface area contributed by atoms with Gasteiger partial charge in [-0.1, -0.05) is 60.7 Å². The van der Waals surface area contributed by atoms with E-state index in [4.69, 9.17) is 9.47 Å². The highest BCUT2D eigenvalue weighted by Gasteiger charge is 2.30. The minimum absolute atomic E-state index is 0.0415. The second-order valence-corrected chi connectivity index (χ2v) is 9.28. The number of carbonyl (C=O) groups excluding carboxylic acids is 2. The average Bonchev–Trinajstić information content (AvgIpc) is 2.93. The van der Waals surface area contributed by atoms with E-state index >= 15 is 0 Å². The van der Waals surface area contributed by atoms with Crippen LogP contribution in [0.15, 0.2) is 78.9 Å². The molecule has 6 nitrogen and oxygen atoms in total. The molecule has 4 rings (SSSR count). The smallest absolute Gasteiger partial charge is 0.252 e. The Balaban J connectivity index is 1.46. The Bertz CT molecular complexity index is 1120. The second kappa shape index (κ2) is 12.2. The van der Waals surface area contributed by atoms with Crippen molar-refractivity contribution in [3.63, 3.8) is 0 Å². The molecule has 0 bridgehead atoms. The Kier molecular flexibility index (Phi) is 8.61. The molecule has 1 N–H and O–H groups in total. The fourth-order valence-corrected chi connectivity index (χ4v) is 4.76. The van der Waals surface area contributed by atoms with Crippen molar-refractivity contribution < 1.29 is 19.1 Å². The number of rotatable bonds is 9. The largest absolute Gasteiger partial charge is 0.497 e. The summed E-state index contributed by atoms with van der Waals surface area (Å²) in [7, 11) is 3.08. The van der Waals surface area contributed by atoms with Crippen LogP contribution < -0.4 is 14.8 Å². The number of hydrogen-bond donors (Lipinski definition) is 1. The molecule has 1 aliphatic rings. The van der Waals surface area contributed by atoms with Crippen LogP contribution in [0.3, 0.4) is 0 Å². The third kappa shape index (κ3) is 6.66. The van der Waals surface area contributed by atoms with Gasteiger partial charge in [-0.05, 0) is 48.4 Å². The molecule has 3 aromatic rings. The van der Waals surface area contributed by atoms with Crippen LogP contribution in [0, 0.1) is 5.92 Å². The van der Waals surface area contributed by atoms with E-state index in [0.717, 1.165) is 24.8 Å². The third-order valence-corrected chi connectivity index (χ3v) is 6.79. The van der Waals surface area contributed by atoms with Crippen molar-refractivity contribution in [3.8, 4) is 11.5 Å². The summed E-state index contributed by atoms with van der Waals surface area (Å²) >= 11 is 0. The maximum absolute atomic E-state index is 13.6. The van der Waals surface area contributed by atoms with Gasteiger partial charge in [-0.25, -0.2) is 0 Å². The van der Waals surface area contributed by atoms with E-state index in [-0.39, 0.29) is 11.8 Å². The van der Waals surface area contributed by atoms with Crippen LogP contribution >= 0.6 is 0 Å². The summed E-state index contributed by atoms with van der Waals surface area (Å²) in [5.74, 6) is 1.22. The van der Waals surface area contributed by atoms with Crippen molar-refractivity contribution in [1.29, 1.82) is 0 Å². The molecular formula is C30H34N2O4. The summed E-state index contributed by atoms with van der Waals surface area (Å²) in [5, 5.41) is 2.99. The van der Waals surface area contributed by atoms with E-state index in [1.807, 2.05) is 41.3 Å². The number of carbonyl (C=O) groups is 2. The molecule has 6 heteroatoms. The number of amides is 2. The molecular weight excluding hydrogens is 452 g/mol. The highest BCUT2D eigenvalue weighted by Crippen LogP contribution is 2.24. The SMILES string of the molecule is COc1cc(OC)cc(C(=O)NC(Cc2ccccc2)C(=O)N2CCC(Cc3ccccc3)CC2)c1. The van der Waals surface area contributed by atoms with Gasteiger partial charge in [0.2, 0.25) is 5.91 Å². The lowest BCUT2D eigenvalue weighted by Crippen LogP contribution is -2.51. The van der Waals surface area contributed by atoms with E-state index in [1.165, 1.54) is 5.56 Å². The van der Waals surface area contributed by atoms with Gasteiger partial charge in [-0.2, -0.15) is 0 Å². The van der Waals surface area contributed by atoms with Crippen LogP contribution in [-0.4, -0.2) is 50.1 Å². The number of benzene rings is 3. The Hall–Kier alpha value is -3.80. The van der Waals surface area contributed by atoms with Gasteiger partial charge in [0, 0.05) is 31.1 Å². The Morgan fingerprint density at radius 2 is 1.42 bits per heavy atom. The molecule has 0 spiro atoms. The molecule has 1 aliphatic heterocycles. The summed E-state index contributed by atoms with van der Waals surface area (Å²) in [4.78, 5) is 28.8. The Labute approximate surface area is 213 Å².